The molecule has 0 spiro atoms. The van der Waals surface area contributed by atoms with E-state index in [1.54, 1.807) is 17.1 Å². The Kier molecular flexibility index (Phi) is 7.10. The van der Waals surface area contributed by atoms with Crippen LogP contribution in [0.1, 0.15) is 19.8 Å². The molecule has 0 bridgehead atoms. The molecule has 0 aromatic carbocycles. The van der Waals surface area contributed by atoms with Crippen LogP contribution in [0.25, 0.3) is 0 Å². The molecule has 0 heterocycles. The normalized spacial score (nSPS) is 15.8. The van der Waals surface area contributed by atoms with Gasteiger partial charge in [-0.15, -0.1) is 25.6 Å². The van der Waals surface area contributed by atoms with Gasteiger partial charge in [-0.3, -0.25) is 4.79 Å². The Morgan fingerprint density at radius 1 is 1.44 bits per heavy atom. The highest BCUT2D eigenvalue weighted by Crippen LogP contribution is 2.19. The van der Waals surface area contributed by atoms with Crippen LogP contribution in [0.2, 0.25) is 0 Å². The van der Waals surface area contributed by atoms with Crippen LogP contribution in [0, 0.1) is 0 Å². The van der Waals surface area contributed by atoms with Crippen molar-refractivity contribution in [1.82, 2.24) is 10.2 Å². The minimum Gasteiger partial charge on any atom is -0.334 e. The fraction of sp³-hybridized carbons (Fsp3) is 0.583. The Balaban J connectivity index is 0.00000225. The smallest absolute Gasteiger partial charge is 0.239 e. The molecule has 1 aliphatic rings. The zero-order valence-corrected chi connectivity index (χ0v) is 10.6. The third-order valence-corrected chi connectivity index (χ3v) is 2.44. The Labute approximate surface area is 104 Å². The van der Waals surface area contributed by atoms with Crippen molar-refractivity contribution in [3.05, 3.63) is 25.3 Å². The van der Waals surface area contributed by atoms with Crippen molar-refractivity contribution in [2.45, 2.75) is 31.8 Å². The first-order valence-corrected chi connectivity index (χ1v) is 5.45. The molecule has 1 unspecified atom stereocenters. The molecular formula is C12H21ClN2O. The maximum absolute atomic E-state index is 12.0. The number of halogens is 1. The van der Waals surface area contributed by atoms with E-state index in [0.29, 0.717) is 19.1 Å². The predicted octanol–water partition coefficient (Wildman–Crippen LogP) is 1.75. The monoisotopic (exact) mass is 244 g/mol. The quantitative estimate of drug-likeness (QED) is 0.692. The van der Waals surface area contributed by atoms with E-state index in [-0.39, 0.29) is 24.4 Å². The highest BCUT2D eigenvalue weighted by Gasteiger charge is 2.27. The average molecular weight is 245 g/mol. The van der Waals surface area contributed by atoms with E-state index in [1.807, 2.05) is 6.92 Å². The van der Waals surface area contributed by atoms with Crippen molar-refractivity contribution in [2.24, 2.45) is 0 Å². The summed E-state index contributed by atoms with van der Waals surface area (Å²) < 4.78 is 0. The van der Waals surface area contributed by atoms with E-state index in [2.05, 4.69) is 18.5 Å². The molecule has 1 aliphatic carbocycles. The maximum atomic E-state index is 12.0. The molecule has 92 valence electrons. The molecule has 1 atom stereocenters. The molecule has 0 aliphatic heterocycles. The van der Waals surface area contributed by atoms with E-state index in [9.17, 15) is 4.79 Å². The number of amides is 1. The lowest BCUT2D eigenvalue weighted by Crippen LogP contribution is -2.45. The second-order valence-electron chi connectivity index (χ2n) is 3.98. The van der Waals surface area contributed by atoms with Crippen LogP contribution in [0.5, 0.6) is 0 Å². The van der Waals surface area contributed by atoms with Gasteiger partial charge >= 0.3 is 0 Å². The van der Waals surface area contributed by atoms with Crippen molar-refractivity contribution in [1.29, 1.82) is 0 Å². The number of hydrogen-bond acceptors (Lipinski definition) is 2. The first-order valence-electron chi connectivity index (χ1n) is 5.45. The maximum Gasteiger partial charge on any atom is 0.239 e. The van der Waals surface area contributed by atoms with Crippen LogP contribution >= 0.6 is 12.4 Å². The van der Waals surface area contributed by atoms with Gasteiger partial charge in [0.1, 0.15) is 0 Å². The van der Waals surface area contributed by atoms with Gasteiger partial charge in [0.2, 0.25) is 5.91 Å². The lowest BCUT2D eigenvalue weighted by Gasteiger charge is -2.23. The molecule has 16 heavy (non-hydrogen) atoms. The van der Waals surface area contributed by atoms with Gasteiger partial charge in [0.05, 0.1) is 6.04 Å². The van der Waals surface area contributed by atoms with E-state index < -0.39 is 0 Å². The van der Waals surface area contributed by atoms with Crippen molar-refractivity contribution < 1.29 is 4.79 Å². The van der Waals surface area contributed by atoms with E-state index in [1.165, 1.54) is 12.8 Å². The fourth-order valence-electron chi connectivity index (χ4n) is 1.51. The average Bonchev–Trinajstić information content (AvgIpc) is 3.00. The number of hydrogen-bond donors (Lipinski definition) is 1. The number of nitrogens with one attached hydrogen (secondary N) is 1. The third-order valence-electron chi connectivity index (χ3n) is 2.44. The summed E-state index contributed by atoms with van der Waals surface area (Å²) in [6.45, 7) is 10.4. The largest absolute Gasteiger partial charge is 0.334 e. The molecule has 0 radical (unpaired) electrons. The SMILES string of the molecule is C=CCN(CC=C)C(=O)C(C)NC1CC1.Cl. The van der Waals surface area contributed by atoms with Gasteiger partial charge in [-0.05, 0) is 19.8 Å². The summed E-state index contributed by atoms with van der Waals surface area (Å²) in [5, 5.41) is 3.29. The van der Waals surface area contributed by atoms with Crippen LogP contribution in [0.15, 0.2) is 25.3 Å². The molecule has 0 aromatic heterocycles. The molecule has 4 heteroatoms. The third kappa shape index (κ3) is 4.81. The first kappa shape index (κ1) is 15.2. The van der Waals surface area contributed by atoms with Crippen molar-refractivity contribution in [3.63, 3.8) is 0 Å². The predicted molar refractivity (Wildman–Crippen MR) is 69.8 cm³/mol. The lowest BCUT2D eigenvalue weighted by molar-refractivity contribution is -0.132. The molecule has 0 aromatic rings. The van der Waals surface area contributed by atoms with Gasteiger partial charge in [0.15, 0.2) is 0 Å². The number of carbonyl (C=O) groups excluding carboxylic acids is 1. The van der Waals surface area contributed by atoms with Gasteiger partial charge in [-0.2, -0.15) is 0 Å². The van der Waals surface area contributed by atoms with E-state index in [4.69, 9.17) is 0 Å². The van der Waals surface area contributed by atoms with E-state index >= 15 is 0 Å². The van der Waals surface area contributed by atoms with Crippen molar-refractivity contribution in [2.75, 3.05) is 13.1 Å². The highest BCUT2D eigenvalue weighted by molar-refractivity contribution is 5.85. The zero-order valence-electron chi connectivity index (χ0n) is 9.82. The summed E-state index contributed by atoms with van der Waals surface area (Å²) >= 11 is 0. The van der Waals surface area contributed by atoms with Gasteiger partial charge < -0.3 is 10.2 Å². The van der Waals surface area contributed by atoms with Crippen molar-refractivity contribution in [3.8, 4) is 0 Å². The first-order chi connectivity index (χ1) is 7.19. The summed E-state index contributed by atoms with van der Waals surface area (Å²) in [6.07, 6.45) is 5.87. The summed E-state index contributed by atoms with van der Waals surface area (Å²) in [5.41, 5.74) is 0. The Morgan fingerprint density at radius 2 is 1.94 bits per heavy atom. The van der Waals surface area contributed by atoms with Gasteiger partial charge in [-0.25, -0.2) is 0 Å². The Bertz CT molecular complexity index is 241. The minimum absolute atomic E-state index is 0. The second kappa shape index (κ2) is 7.47. The number of rotatable bonds is 7. The van der Waals surface area contributed by atoms with Crippen LogP contribution < -0.4 is 5.32 Å². The minimum atomic E-state index is -0.0996. The summed E-state index contributed by atoms with van der Waals surface area (Å²) in [4.78, 5) is 13.7. The molecule has 3 nitrogen and oxygen atoms in total. The standard InChI is InChI=1S/C12H20N2O.ClH/c1-4-8-14(9-5-2)12(15)10(3)13-11-6-7-11;/h4-5,10-11,13H,1-2,6-9H2,3H3;1H. The van der Waals surface area contributed by atoms with Crippen LogP contribution in [0.3, 0.4) is 0 Å². The lowest BCUT2D eigenvalue weighted by atomic mass is 10.2. The van der Waals surface area contributed by atoms with Crippen LogP contribution in [-0.2, 0) is 4.79 Å². The summed E-state index contributed by atoms with van der Waals surface area (Å²) in [7, 11) is 0. The topological polar surface area (TPSA) is 32.3 Å². The molecule has 1 N–H and O–H groups in total. The summed E-state index contributed by atoms with van der Waals surface area (Å²) in [5.74, 6) is 0.127. The highest BCUT2D eigenvalue weighted by atomic mass is 35.5. The number of carbonyl (C=O) groups is 1. The zero-order chi connectivity index (χ0) is 11.3. The van der Waals surface area contributed by atoms with Crippen molar-refractivity contribution >= 4 is 18.3 Å². The fourth-order valence-corrected chi connectivity index (χ4v) is 1.51. The van der Waals surface area contributed by atoms with Crippen LogP contribution in [-0.4, -0.2) is 36.0 Å². The second-order valence-corrected chi connectivity index (χ2v) is 3.98. The molecule has 1 saturated carbocycles. The van der Waals surface area contributed by atoms with Gasteiger partial charge in [0.25, 0.3) is 0 Å². The molecule has 1 amide bonds. The molecule has 0 saturated heterocycles. The van der Waals surface area contributed by atoms with Gasteiger partial charge in [-0.1, -0.05) is 12.2 Å². The van der Waals surface area contributed by atoms with Gasteiger partial charge in [0, 0.05) is 19.1 Å². The van der Waals surface area contributed by atoms with E-state index in [0.717, 1.165) is 0 Å². The van der Waals surface area contributed by atoms with Crippen LogP contribution in [0.4, 0.5) is 0 Å². The Morgan fingerprint density at radius 3 is 2.31 bits per heavy atom. The molecule has 1 rings (SSSR count). The summed E-state index contributed by atoms with van der Waals surface area (Å²) in [6, 6.07) is 0.454. The Hall–Kier alpha value is -0.800. The molecule has 1 fully saturated rings. The number of nitrogens with zero attached hydrogens (tertiary/aromatic N) is 1. The molecular weight excluding hydrogens is 224 g/mol.